The number of rotatable bonds is 4. The zero-order valence-corrected chi connectivity index (χ0v) is 12.4. The molecule has 1 atom stereocenters. The molecule has 0 saturated carbocycles. The van der Waals surface area contributed by atoms with Gasteiger partial charge in [-0.3, -0.25) is 4.79 Å². The Kier molecular flexibility index (Phi) is 4.29. The largest absolute Gasteiger partial charge is 0.358 e. The number of aromatic nitrogens is 3. The predicted octanol–water partition coefficient (Wildman–Crippen LogP) is 1.19. The van der Waals surface area contributed by atoms with Crippen LogP contribution in [-0.4, -0.2) is 33.1 Å². The molecule has 6 nitrogen and oxygen atoms in total. The van der Waals surface area contributed by atoms with Gasteiger partial charge in [0.05, 0.1) is 5.25 Å². The summed E-state index contributed by atoms with van der Waals surface area (Å²) in [5.41, 5.74) is 2.06. The zero-order valence-electron chi connectivity index (χ0n) is 11.6. The number of nitrogens with two attached hydrogens (primary N) is 1. The van der Waals surface area contributed by atoms with Gasteiger partial charge in [-0.25, -0.2) is 4.68 Å². The topological polar surface area (TPSA) is 85.8 Å². The SMILES string of the molecule is CNC(=O)C(C)Sc1nnc(-c2ccc(C)cc2)n1N. The van der Waals surface area contributed by atoms with Crippen molar-refractivity contribution in [3.8, 4) is 11.4 Å². The molecule has 0 aliphatic carbocycles. The Morgan fingerprint density at radius 2 is 2.00 bits per heavy atom. The van der Waals surface area contributed by atoms with E-state index in [1.165, 1.54) is 22.0 Å². The maximum absolute atomic E-state index is 11.5. The fourth-order valence-corrected chi connectivity index (χ4v) is 2.50. The van der Waals surface area contributed by atoms with Crippen molar-refractivity contribution in [3.05, 3.63) is 29.8 Å². The summed E-state index contributed by atoms with van der Waals surface area (Å²) in [5.74, 6) is 6.51. The van der Waals surface area contributed by atoms with Gasteiger partial charge in [0.15, 0.2) is 5.82 Å². The molecule has 1 heterocycles. The van der Waals surface area contributed by atoms with Crippen LogP contribution < -0.4 is 11.2 Å². The van der Waals surface area contributed by atoms with Crippen molar-refractivity contribution in [3.63, 3.8) is 0 Å². The zero-order chi connectivity index (χ0) is 14.7. The molecule has 1 aromatic carbocycles. The monoisotopic (exact) mass is 291 g/mol. The molecule has 1 unspecified atom stereocenters. The predicted molar refractivity (Wildman–Crippen MR) is 79.7 cm³/mol. The Labute approximate surface area is 121 Å². The van der Waals surface area contributed by atoms with Crippen LogP contribution in [0.4, 0.5) is 0 Å². The molecule has 2 aromatic rings. The number of thioether (sulfide) groups is 1. The van der Waals surface area contributed by atoms with E-state index >= 15 is 0 Å². The van der Waals surface area contributed by atoms with Gasteiger partial charge in [-0.1, -0.05) is 41.6 Å². The second-order valence-corrected chi connectivity index (χ2v) is 5.72. The molecule has 0 spiro atoms. The lowest BCUT2D eigenvalue weighted by Gasteiger charge is -2.08. The van der Waals surface area contributed by atoms with Gasteiger partial charge in [-0.2, -0.15) is 0 Å². The van der Waals surface area contributed by atoms with E-state index in [0.29, 0.717) is 11.0 Å². The summed E-state index contributed by atoms with van der Waals surface area (Å²) in [6.07, 6.45) is 0. The van der Waals surface area contributed by atoms with E-state index in [9.17, 15) is 4.79 Å². The van der Waals surface area contributed by atoms with Gasteiger partial charge in [0, 0.05) is 12.6 Å². The lowest BCUT2D eigenvalue weighted by atomic mass is 10.1. The second kappa shape index (κ2) is 5.96. The van der Waals surface area contributed by atoms with Gasteiger partial charge in [0.2, 0.25) is 11.1 Å². The maximum atomic E-state index is 11.5. The van der Waals surface area contributed by atoms with Gasteiger partial charge in [-0.15, -0.1) is 10.2 Å². The van der Waals surface area contributed by atoms with Crippen molar-refractivity contribution in [1.82, 2.24) is 20.2 Å². The van der Waals surface area contributed by atoms with Crippen LogP contribution in [0.5, 0.6) is 0 Å². The van der Waals surface area contributed by atoms with E-state index < -0.39 is 0 Å². The first-order chi connectivity index (χ1) is 9.52. The third-order valence-corrected chi connectivity index (χ3v) is 3.93. The van der Waals surface area contributed by atoms with Crippen LogP contribution in [0.25, 0.3) is 11.4 Å². The molecular formula is C13H17N5OS. The van der Waals surface area contributed by atoms with Crippen molar-refractivity contribution in [2.24, 2.45) is 0 Å². The summed E-state index contributed by atoms with van der Waals surface area (Å²) in [4.78, 5) is 11.5. The summed E-state index contributed by atoms with van der Waals surface area (Å²) in [6, 6.07) is 7.87. The number of nitrogens with one attached hydrogen (secondary N) is 1. The average Bonchev–Trinajstić information content (AvgIpc) is 2.80. The Morgan fingerprint density at radius 3 is 2.60 bits per heavy atom. The van der Waals surface area contributed by atoms with Crippen molar-refractivity contribution < 1.29 is 4.79 Å². The molecule has 7 heteroatoms. The minimum absolute atomic E-state index is 0.0742. The number of carbonyl (C=O) groups excluding carboxylic acids is 1. The fourth-order valence-electron chi connectivity index (χ4n) is 1.67. The smallest absolute Gasteiger partial charge is 0.233 e. The Bertz CT molecular complexity index is 608. The van der Waals surface area contributed by atoms with Crippen LogP contribution in [0.1, 0.15) is 12.5 Å². The number of nitrogen functional groups attached to an aromatic ring is 1. The number of amides is 1. The van der Waals surface area contributed by atoms with Gasteiger partial charge in [0.1, 0.15) is 0 Å². The van der Waals surface area contributed by atoms with E-state index in [-0.39, 0.29) is 11.2 Å². The lowest BCUT2D eigenvalue weighted by Crippen LogP contribution is -2.27. The molecule has 106 valence electrons. The molecule has 1 aromatic heterocycles. The van der Waals surface area contributed by atoms with Crippen LogP contribution in [0.15, 0.2) is 29.4 Å². The Hall–Kier alpha value is -2.02. The van der Waals surface area contributed by atoms with Gasteiger partial charge < -0.3 is 11.2 Å². The van der Waals surface area contributed by atoms with E-state index in [1.54, 1.807) is 14.0 Å². The number of hydrogen-bond donors (Lipinski definition) is 2. The number of benzene rings is 1. The first-order valence-corrected chi connectivity index (χ1v) is 7.06. The van der Waals surface area contributed by atoms with Crippen molar-refractivity contribution in [2.75, 3.05) is 12.9 Å². The minimum Gasteiger partial charge on any atom is -0.358 e. The summed E-state index contributed by atoms with van der Waals surface area (Å²) < 4.78 is 1.41. The fraction of sp³-hybridized carbons (Fsp3) is 0.308. The van der Waals surface area contributed by atoms with Crippen molar-refractivity contribution >= 4 is 17.7 Å². The lowest BCUT2D eigenvalue weighted by molar-refractivity contribution is -0.119. The molecule has 0 aliphatic rings. The molecule has 1 amide bonds. The summed E-state index contributed by atoms with van der Waals surface area (Å²) in [6.45, 7) is 3.81. The average molecular weight is 291 g/mol. The second-order valence-electron chi connectivity index (χ2n) is 4.42. The number of nitrogens with zero attached hydrogens (tertiary/aromatic N) is 3. The van der Waals surface area contributed by atoms with E-state index in [4.69, 9.17) is 5.84 Å². The summed E-state index contributed by atoms with van der Waals surface area (Å²) in [5, 5.41) is 11.0. The van der Waals surface area contributed by atoms with Crippen LogP contribution in [0.3, 0.4) is 0 Å². The third kappa shape index (κ3) is 2.93. The number of aryl methyl sites for hydroxylation is 1. The summed E-state index contributed by atoms with van der Waals surface area (Å²) >= 11 is 1.27. The molecule has 0 saturated heterocycles. The highest BCUT2D eigenvalue weighted by Crippen LogP contribution is 2.24. The van der Waals surface area contributed by atoms with Crippen LogP contribution in [0, 0.1) is 6.92 Å². The van der Waals surface area contributed by atoms with E-state index in [0.717, 1.165) is 5.56 Å². The molecule has 0 aliphatic heterocycles. The number of hydrogen-bond acceptors (Lipinski definition) is 5. The first kappa shape index (κ1) is 14.4. The normalized spacial score (nSPS) is 12.2. The minimum atomic E-state index is -0.280. The molecule has 2 rings (SSSR count). The molecule has 20 heavy (non-hydrogen) atoms. The Morgan fingerprint density at radius 1 is 1.35 bits per heavy atom. The van der Waals surface area contributed by atoms with Crippen molar-refractivity contribution in [1.29, 1.82) is 0 Å². The quantitative estimate of drug-likeness (QED) is 0.653. The van der Waals surface area contributed by atoms with Gasteiger partial charge >= 0.3 is 0 Å². The number of carbonyl (C=O) groups is 1. The van der Waals surface area contributed by atoms with E-state index in [1.807, 2.05) is 31.2 Å². The van der Waals surface area contributed by atoms with Crippen LogP contribution in [0.2, 0.25) is 0 Å². The molecule has 0 radical (unpaired) electrons. The third-order valence-electron chi connectivity index (χ3n) is 2.87. The molecule has 3 N–H and O–H groups in total. The molecule has 0 fully saturated rings. The standard InChI is InChI=1S/C13H17N5OS/c1-8-4-6-10(7-5-8)11-16-17-13(18(11)14)20-9(2)12(19)15-3/h4-7,9H,14H2,1-3H3,(H,15,19). The molecular weight excluding hydrogens is 274 g/mol. The van der Waals surface area contributed by atoms with Crippen LogP contribution in [-0.2, 0) is 4.79 Å². The van der Waals surface area contributed by atoms with Crippen molar-refractivity contribution in [2.45, 2.75) is 24.3 Å². The van der Waals surface area contributed by atoms with Gasteiger partial charge in [0.25, 0.3) is 0 Å². The highest BCUT2D eigenvalue weighted by atomic mass is 32.2. The van der Waals surface area contributed by atoms with Crippen LogP contribution >= 0.6 is 11.8 Å². The van der Waals surface area contributed by atoms with Gasteiger partial charge in [-0.05, 0) is 13.8 Å². The first-order valence-electron chi connectivity index (χ1n) is 6.18. The van der Waals surface area contributed by atoms with E-state index in [2.05, 4.69) is 15.5 Å². The Balaban J connectivity index is 2.23. The highest BCUT2D eigenvalue weighted by Gasteiger charge is 2.18. The molecule has 0 bridgehead atoms. The highest BCUT2D eigenvalue weighted by molar-refractivity contribution is 8.00. The summed E-state index contributed by atoms with van der Waals surface area (Å²) in [7, 11) is 1.60. The maximum Gasteiger partial charge on any atom is 0.233 e.